The molecule has 0 saturated heterocycles. The summed E-state index contributed by atoms with van der Waals surface area (Å²) in [6.45, 7) is 0. The molecule has 0 spiro atoms. The van der Waals surface area contributed by atoms with E-state index in [0.717, 1.165) is 11.0 Å². The molecular weight excluding hydrogens is 296 g/mol. The summed E-state index contributed by atoms with van der Waals surface area (Å²) >= 11 is 0. The number of methoxy groups -OCH3 is 2. The van der Waals surface area contributed by atoms with Gasteiger partial charge in [0.15, 0.2) is 11.5 Å². The van der Waals surface area contributed by atoms with Crippen LogP contribution in [0.4, 0.5) is 5.95 Å². The number of benzene rings is 2. The predicted octanol–water partition coefficient (Wildman–Crippen LogP) is 2.73. The fourth-order valence-corrected chi connectivity index (χ4v) is 2.16. The summed E-state index contributed by atoms with van der Waals surface area (Å²) in [6, 6.07) is 11.0. The Kier molecular flexibility index (Phi) is 4.01. The maximum absolute atomic E-state index is 9.87. The molecule has 3 rings (SSSR count). The van der Waals surface area contributed by atoms with Crippen molar-refractivity contribution in [3.63, 3.8) is 0 Å². The van der Waals surface area contributed by atoms with Crippen LogP contribution in [0.3, 0.4) is 0 Å². The summed E-state index contributed by atoms with van der Waals surface area (Å²) in [5, 5.41) is 14.0. The summed E-state index contributed by atoms with van der Waals surface area (Å²) in [5.41, 5.74) is 5.33. The number of nitrogens with zero attached hydrogens (tertiary/aromatic N) is 2. The lowest BCUT2D eigenvalue weighted by atomic mass is 10.2. The number of ether oxygens (including phenoxy) is 2. The van der Waals surface area contributed by atoms with Crippen molar-refractivity contribution in [1.82, 2.24) is 9.97 Å². The number of phenolic OH excluding ortho intramolecular Hbond substituents is 1. The van der Waals surface area contributed by atoms with Crippen LogP contribution < -0.4 is 14.9 Å². The van der Waals surface area contributed by atoms with Gasteiger partial charge in [0.1, 0.15) is 0 Å². The molecular formula is C16H16N4O3. The van der Waals surface area contributed by atoms with Crippen LogP contribution in [0.5, 0.6) is 17.2 Å². The van der Waals surface area contributed by atoms with Gasteiger partial charge in [0, 0.05) is 5.56 Å². The highest BCUT2D eigenvalue weighted by Gasteiger charge is 2.10. The van der Waals surface area contributed by atoms with Crippen LogP contribution in [0.2, 0.25) is 0 Å². The van der Waals surface area contributed by atoms with E-state index in [1.807, 2.05) is 24.3 Å². The number of aromatic amines is 1. The van der Waals surface area contributed by atoms with Crippen molar-refractivity contribution in [3.05, 3.63) is 42.0 Å². The van der Waals surface area contributed by atoms with Crippen LogP contribution in [0.25, 0.3) is 11.0 Å². The second-order valence-electron chi connectivity index (χ2n) is 4.75. The Balaban J connectivity index is 1.79. The minimum atomic E-state index is -0.0441. The maximum Gasteiger partial charge on any atom is 0.222 e. The SMILES string of the molecule is COc1cc(/C=N\Nc2nc3ccccc3[nH]2)cc(OC)c1O. The van der Waals surface area contributed by atoms with Gasteiger partial charge in [-0.1, -0.05) is 12.1 Å². The second kappa shape index (κ2) is 6.27. The van der Waals surface area contributed by atoms with Gasteiger partial charge in [0.25, 0.3) is 0 Å². The molecule has 0 saturated carbocycles. The van der Waals surface area contributed by atoms with Crippen LogP contribution >= 0.6 is 0 Å². The Hall–Kier alpha value is -3.22. The Labute approximate surface area is 132 Å². The average molecular weight is 312 g/mol. The highest BCUT2D eigenvalue weighted by molar-refractivity contribution is 5.83. The van der Waals surface area contributed by atoms with Gasteiger partial charge in [-0.15, -0.1) is 0 Å². The van der Waals surface area contributed by atoms with Gasteiger partial charge < -0.3 is 19.6 Å². The van der Waals surface area contributed by atoms with Crippen LogP contribution in [0.15, 0.2) is 41.5 Å². The minimum Gasteiger partial charge on any atom is -0.502 e. The van der Waals surface area contributed by atoms with E-state index in [9.17, 15) is 5.11 Å². The van der Waals surface area contributed by atoms with Gasteiger partial charge >= 0.3 is 0 Å². The third-order valence-electron chi connectivity index (χ3n) is 3.28. The van der Waals surface area contributed by atoms with E-state index in [2.05, 4.69) is 20.5 Å². The summed E-state index contributed by atoms with van der Waals surface area (Å²) in [7, 11) is 2.95. The van der Waals surface area contributed by atoms with Crippen LogP contribution in [-0.2, 0) is 0 Å². The van der Waals surface area contributed by atoms with E-state index < -0.39 is 0 Å². The van der Waals surface area contributed by atoms with Gasteiger partial charge in [0.05, 0.1) is 31.5 Å². The zero-order chi connectivity index (χ0) is 16.2. The number of aromatic hydroxyl groups is 1. The molecule has 0 aliphatic rings. The van der Waals surface area contributed by atoms with Gasteiger partial charge in [0.2, 0.25) is 11.7 Å². The van der Waals surface area contributed by atoms with Crippen LogP contribution in [0, 0.1) is 0 Å². The molecule has 0 aliphatic carbocycles. The van der Waals surface area contributed by atoms with E-state index in [1.54, 1.807) is 18.3 Å². The van der Waals surface area contributed by atoms with Crippen molar-refractivity contribution in [3.8, 4) is 17.2 Å². The number of aromatic nitrogens is 2. The van der Waals surface area contributed by atoms with Crippen LogP contribution in [-0.4, -0.2) is 35.5 Å². The third-order valence-corrected chi connectivity index (χ3v) is 3.28. The lowest BCUT2D eigenvalue weighted by molar-refractivity contribution is 0.340. The summed E-state index contributed by atoms with van der Waals surface area (Å²) in [5.74, 6) is 1.13. The zero-order valence-electron chi connectivity index (χ0n) is 12.7. The number of hydrazone groups is 1. The number of phenols is 1. The van der Waals surface area contributed by atoms with Crippen molar-refractivity contribution in [2.24, 2.45) is 5.10 Å². The number of anilines is 1. The van der Waals surface area contributed by atoms with Gasteiger partial charge in [-0.3, -0.25) is 0 Å². The van der Waals surface area contributed by atoms with E-state index in [1.165, 1.54) is 14.2 Å². The quantitative estimate of drug-likeness (QED) is 0.498. The number of H-pyrrole nitrogens is 1. The fraction of sp³-hybridized carbons (Fsp3) is 0.125. The van der Waals surface area contributed by atoms with E-state index in [0.29, 0.717) is 23.0 Å². The highest BCUT2D eigenvalue weighted by Crippen LogP contribution is 2.36. The molecule has 0 bridgehead atoms. The first-order valence-corrected chi connectivity index (χ1v) is 6.90. The van der Waals surface area contributed by atoms with Gasteiger partial charge in [-0.25, -0.2) is 10.4 Å². The number of fused-ring (bicyclic) bond motifs is 1. The number of para-hydroxylation sites is 2. The first-order valence-electron chi connectivity index (χ1n) is 6.90. The number of imidazole rings is 1. The lowest BCUT2D eigenvalue weighted by Crippen LogP contribution is -1.95. The predicted molar refractivity (Wildman–Crippen MR) is 88.5 cm³/mol. The summed E-state index contributed by atoms with van der Waals surface area (Å²) in [4.78, 5) is 7.47. The summed E-state index contributed by atoms with van der Waals surface area (Å²) in [6.07, 6.45) is 1.58. The van der Waals surface area contributed by atoms with E-state index >= 15 is 0 Å². The molecule has 7 heteroatoms. The Bertz CT molecular complexity index is 799. The molecule has 3 N–H and O–H groups in total. The highest BCUT2D eigenvalue weighted by atomic mass is 16.5. The first-order chi connectivity index (χ1) is 11.2. The first kappa shape index (κ1) is 14.7. The summed E-state index contributed by atoms with van der Waals surface area (Å²) < 4.78 is 10.2. The second-order valence-corrected chi connectivity index (χ2v) is 4.75. The van der Waals surface area contributed by atoms with Crippen molar-refractivity contribution in [1.29, 1.82) is 0 Å². The Morgan fingerprint density at radius 2 is 1.87 bits per heavy atom. The molecule has 0 amide bonds. The normalized spacial score (nSPS) is 11.0. The average Bonchev–Trinajstić information content (AvgIpc) is 2.98. The molecule has 0 atom stereocenters. The molecule has 118 valence electrons. The smallest absolute Gasteiger partial charge is 0.222 e. The number of hydrogen-bond acceptors (Lipinski definition) is 6. The van der Waals surface area contributed by atoms with Gasteiger partial charge in [-0.05, 0) is 24.3 Å². The monoisotopic (exact) mass is 312 g/mol. The Morgan fingerprint density at radius 1 is 1.17 bits per heavy atom. The van der Waals surface area contributed by atoms with E-state index in [4.69, 9.17) is 9.47 Å². The molecule has 0 aliphatic heterocycles. The molecule has 0 radical (unpaired) electrons. The largest absolute Gasteiger partial charge is 0.502 e. The molecule has 23 heavy (non-hydrogen) atoms. The zero-order valence-corrected chi connectivity index (χ0v) is 12.7. The molecule has 2 aromatic carbocycles. The lowest BCUT2D eigenvalue weighted by Gasteiger charge is -2.09. The molecule has 0 unspecified atom stereocenters. The van der Waals surface area contributed by atoms with Crippen molar-refractivity contribution in [2.45, 2.75) is 0 Å². The van der Waals surface area contributed by atoms with Crippen LogP contribution in [0.1, 0.15) is 5.56 Å². The molecule has 3 aromatic rings. The molecule has 0 fully saturated rings. The third kappa shape index (κ3) is 3.03. The standard InChI is InChI=1S/C16H16N4O3/c1-22-13-7-10(8-14(23-2)15(13)21)9-17-20-16-18-11-5-3-4-6-12(11)19-16/h3-9,21H,1-2H3,(H2,18,19,20)/b17-9-. The Morgan fingerprint density at radius 3 is 2.52 bits per heavy atom. The number of hydrogen-bond donors (Lipinski definition) is 3. The van der Waals surface area contributed by atoms with Crippen molar-refractivity contribution in [2.75, 3.05) is 19.6 Å². The van der Waals surface area contributed by atoms with E-state index in [-0.39, 0.29) is 5.75 Å². The topological polar surface area (TPSA) is 91.8 Å². The molecule has 1 aromatic heterocycles. The van der Waals surface area contributed by atoms with Crippen molar-refractivity contribution >= 4 is 23.2 Å². The molecule has 7 nitrogen and oxygen atoms in total. The number of nitrogens with one attached hydrogen (secondary N) is 2. The number of rotatable bonds is 5. The molecule has 1 heterocycles. The fourth-order valence-electron chi connectivity index (χ4n) is 2.16. The van der Waals surface area contributed by atoms with Gasteiger partial charge in [-0.2, -0.15) is 5.10 Å². The van der Waals surface area contributed by atoms with Crippen molar-refractivity contribution < 1.29 is 14.6 Å². The maximum atomic E-state index is 9.87. The minimum absolute atomic E-state index is 0.0441.